The molecule has 5 nitrogen and oxygen atoms in total. The molecule has 23 heavy (non-hydrogen) atoms. The number of anilines is 1. The van der Waals surface area contributed by atoms with Crippen LogP contribution in [0.2, 0.25) is 0 Å². The molecular weight excluding hydrogens is 286 g/mol. The monoisotopic (exact) mass is 309 g/mol. The molecule has 0 fully saturated rings. The van der Waals surface area contributed by atoms with Gasteiger partial charge < -0.3 is 5.73 Å². The number of rotatable bonds is 1. The maximum atomic E-state index is 6.06. The number of nitrogens with one attached hydrogen (secondary N) is 1. The summed E-state index contributed by atoms with van der Waals surface area (Å²) in [5.74, 6) is 2.70. The van der Waals surface area contributed by atoms with Gasteiger partial charge in [-0.2, -0.15) is 0 Å². The van der Waals surface area contributed by atoms with E-state index in [1.807, 2.05) is 18.2 Å². The SMILES string of the molecule is CC1=C[C@H](C)[C@H]([C@H]2N=C(N)Nc3nc4ccccc4n32)[C@@H](C)C1. The van der Waals surface area contributed by atoms with Gasteiger partial charge >= 0.3 is 0 Å². The van der Waals surface area contributed by atoms with Crippen molar-refractivity contribution < 1.29 is 0 Å². The molecule has 0 radical (unpaired) electrons. The first-order chi connectivity index (χ1) is 11.0. The molecule has 0 saturated carbocycles. The smallest absolute Gasteiger partial charge is 0.212 e. The van der Waals surface area contributed by atoms with E-state index < -0.39 is 0 Å². The summed E-state index contributed by atoms with van der Waals surface area (Å²) in [6, 6.07) is 8.20. The van der Waals surface area contributed by atoms with Crippen molar-refractivity contribution in [1.82, 2.24) is 9.55 Å². The molecule has 4 rings (SSSR count). The number of fused-ring (bicyclic) bond motifs is 3. The van der Waals surface area contributed by atoms with Crippen LogP contribution in [0.1, 0.15) is 33.4 Å². The first-order valence-electron chi connectivity index (χ1n) is 8.29. The van der Waals surface area contributed by atoms with E-state index in [1.54, 1.807) is 0 Å². The molecule has 0 amide bonds. The van der Waals surface area contributed by atoms with Crippen LogP contribution in [0.5, 0.6) is 0 Å². The Morgan fingerprint density at radius 1 is 1.26 bits per heavy atom. The highest BCUT2D eigenvalue weighted by molar-refractivity contribution is 5.94. The fourth-order valence-corrected chi connectivity index (χ4v) is 4.36. The maximum Gasteiger partial charge on any atom is 0.212 e. The van der Waals surface area contributed by atoms with E-state index >= 15 is 0 Å². The lowest BCUT2D eigenvalue weighted by Crippen LogP contribution is -2.38. The zero-order chi connectivity index (χ0) is 16.1. The molecule has 0 bridgehead atoms. The Bertz CT molecular complexity index is 816. The summed E-state index contributed by atoms with van der Waals surface area (Å²) in [6.45, 7) is 6.84. The first-order valence-corrected chi connectivity index (χ1v) is 8.29. The average Bonchev–Trinajstić information content (AvgIpc) is 2.83. The van der Waals surface area contributed by atoms with Gasteiger partial charge in [0.25, 0.3) is 0 Å². The van der Waals surface area contributed by atoms with Gasteiger partial charge in [0, 0.05) is 5.92 Å². The van der Waals surface area contributed by atoms with Gasteiger partial charge in [-0.05, 0) is 37.3 Å². The van der Waals surface area contributed by atoms with Crippen molar-refractivity contribution in [2.75, 3.05) is 5.32 Å². The number of hydrogen-bond acceptors (Lipinski definition) is 4. The zero-order valence-corrected chi connectivity index (χ0v) is 13.8. The molecule has 4 atom stereocenters. The predicted molar refractivity (Wildman–Crippen MR) is 94.2 cm³/mol. The van der Waals surface area contributed by atoms with Crippen molar-refractivity contribution in [2.24, 2.45) is 28.5 Å². The predicted octanol–water partition coefficient (Wildman–Crippen LogP) is 3.51. The molecule has 3 N–H and O–H groups in total. The fraction of sp³-hybridized carbons (Fsp3) is 0.444. The van der Waals surface area contributed by atoms with Crippen LogP contribution in [-0.2, 0) is 0 Å². The number of imidazole rings is 1. The van der Waals surface area contributed by atoms with Crippen LogP contribution in [0.25, 0.3) is 11.0 Å². The lowest BCUT2D eigenvalue weighted by Gasteiger charge is -2.39. The van der Waals surface area contributed by atoms with Gasteiger partial charge in [-0.15, -0.1) is 0 Å². The van der Waals surface area contributed by atoms with E-state index in [1.165, 1.54) is 5.57 Å². The Morgan fingerprint density at radius 2 is 2.04 bits per heavy atom. The molecule has 2 aromatic rings. The Hall–Kier alpha value is -2.30. The Labute approximate surface area is 136 Å². The van der Waals surface area contributed by atoms with Crippen LogP contribution < -0.4 is 11.1 Å². The molecule has 1 aromatic carbocycles. The van der Waals surface area contributed by atoms with Crippen molar-refractivity contribution in [3.05, 3.63) is 35.9 Å². The van der Waals surface area contributed by atoms with E-state index in [9.17, 15) is 0 Å². The maximum absolute atomic E-state index is 6.06. The van der Waals surface area contributed by atoms with Crippen molar-refractivity contribution in [3.63, 3.8) is 0 Å². The zero-order valence-electron chi connectivity index (χ0n) is 13.8. The fourth-order valence-electron chi connectivity index (χ4n) is 4.36. The summed E-state index contributed by atoms with van der Waals surface area (Å²) in [5, 5.41) is 3.12. The van der Waals surface area contributed by atoms with Gasteiger partial charge in [-0.1, -0.05) is 37.6 Å². The highest BCUT2D eigenvalue weighted by Gasteiger charge is 2.38. The average molecular weight is 309 g/mol. The number of nitrogens with two attached hydrogens (primary N) is 1. The molecule has 1 aliphatic carbocycles. The van der Waals surface area contributed by atoms with Crippen molar-refractivity contribution in [3.8, 4) is 0 Å². The van der Waals surface area contributed by atoms with E-state index in [-0.39, 0.29) is 6.17 Å². The molecule has 0 spiro atoms. The number of guanidine groups is 1. The van der Waals surface area contributed by atoms with Gasteiger partial charge in [0.15, 0.2) is 5.96 Å². The second-order valence-corrected chi connectivity index (χ2v) is 6.98. The number of benzene rings is 1. The molecule has 1 aromatic heterocycles. The van der Waals surface area contributed by atoms with E-state index in [0.29, 0.717) is 23.7 Å². The number of nitrogens with zero attached hydrogens (tertiary/aromatic N) is 3. The van der Waals surface area contributed by atoms with Gasteiger partial charge in [0.05, 0.1) is 11.0 Å². The highest BCUT2D eigenvalue weighted by Crippen LogP contribution is 2.44. The third-order valence-corrected chi connectivity index (χ3v) is 5.17. The molecule has 0 unspecified atom stereocenters. The highest BCUT2D eigenvalue weighted by atomic mass is 15.4. The van der Waals surface area contributed by atoms with Crippen LogP contribution in [0.3, 0.4) is 0 Å². The third-order valence-electron chi connectivity index (χ3n) is 5.17. The molecule has 2 heterocycles. The summed E-state index contributed by atoms with van der Waals surface area (Å²) in [7, 11) is 0. The van der Waals surface area contributed by atoms with Crippen LogP contribution in [0.4, 0.5) is 5.95 Å². The summed E-state index contributed by atoms with van der Waals surface area (Å²) in [4.78, 5) is 9.46. The Kier molecular flexibility index (Phi) is 3.18. The molecule has 5 heteroatoms. The lowest BCUT2D eigenvalue weighted by atomic mass is 9.73. The quantitative estimate of drug-likeness (QED) is 0.792. The summed E-state index contributed by atoms with van der Waals surface area (Å²) in [5.41, 5.74) is 9.62. The van der Waals surface area contributed by atoms with Crippen LogP contribution in [0.15, 0.2) is 40.9 Å². The Morgan fingerprint density at radius 3 is 2.83 bits per heavy atom. The van der Waals surface area contributed by atoms with Crippen LogP contribution in [0, 0.1) is 17.8 Å². The van der Waals surface area contributed by atoms with E-state index in [4.69, 9.17) is 10.7 Å². The van der Waals surface area contributed by atoms with E-state index in [0.717, 1.165) is 23.4 Å². The van der Waals surface area contributed by atoms with Crippen LogP contribution in [-0.4, -0.2) is 15.5 Å². The Balaban J connectivity index is 1.87. The summed E-state index contributed by atoms with van der Waals surface area (Å²) in [6.07, 6.45) is 3.50. The lowest BCUT2D eigenvalue weighted by molar-refractivity contribution is 0.188. The van der Waals surface area contributed by atoms with Crippen molar-refractivity contribution in [2.45, 2.75) is 33.4 Å². The number of aliphatic imine (C=N–C) groups is 1. The minimum atomic E-state index is -0.00648. The van der Waals surface area contributed by atoms with Crippen molar-refractivity contribution in [1.29, 1.82) is 0 Å². The van der Waals surface area contributed by atoms with Gasteiger partial charge in [-0.3, -0.25) is 9.88 Å². The molecule has 1 aliphatic heterocycles. The first kappa shape index (κ1) is 14.3. The largest absolute Gasteiger partial charge is 0.370 e. The number of hydrogen-bond donors (Lipinski definition) is 2. The number of allylic oxidation sites excluding steroid dienone is 2. The normalized spacial score (nSPS) is 30.4. The minimum absolute atomic E-state index is 0.00648. The van der Waals surface area contributed by atoms with Gasteiger partial charge in [0.1, 0.15) is 6.17 Å². The second-order valence-electron chi connectivity index (χ2n) is 6.98. The van der Waals surface area contributed by atoms with E-state index in [2.05, 4.69) is 47.8 Å². The summed E-state index contributed by atoms with van der Waals surface area (Å²) >= 11 is 0. The number of aromatic nitrogens is 2. The topological polar surface area (TPSA) is 68.2 Å². The number of para-hydroxylation sites is 2. The summed E-state index contributed by atoms with van der Waals surface area (Å²) < 4.78 is 2.22. The van der Waals surface area contributed by atoms with Crippen LogP contribution >= 0.6 is 0 Å². The second kappa shape index (κ2) is 5.11. The molecular formula is C18H23N5. The molecule has 2 aliphatic rings. The molecule has 120 valence electrons. The minimum Gasteiger partial charge on any atom is -0.370 e. The third kappa shape index (κ3) is 2.22. The van der Waals surface area contributed by atoms with Crippen molar-refractivity contribution >= 4 is 22.9 Å². The van der Waals surface area contributed by atoms with Gasteiger partial charge in [0.2, 0.25) is 5.95 Å². The standard InChI is InChI=1S/C18H23N5/c1-10-8-11(2)15(12(3)9-10)16-21-17(19)22-18-20-13-6-4-5-7-14(13)23(16)18/h4-8,11-12,15-16H,9H2,1-3H3,(H3,19,20,21,22)/t11-,12-,15-,16-/m0/s1. The molecule has 0 saturated heterocycles. The van der Waals surface area contributed by atoms with Gasteiger partial charge in [-0.25, -0.2) is 9.98 Å².